The van der Waals surface area contributed by atoms with Gasteiger partial charge in [-0.15, -0.1) is 18.3 Å². The van der Waals surface area contributed by atoms with Crippen molar-refractivity contribution in [3.8, 4) is 0 Å². The second kappa shape index (κ2) is 10.1. The molecule has 3 unspecified atom stereocenters. The Kier molecular flexibility index (Phi) is 7.48. The Labute approximate surface area is 206 Å². The summed E-state index contributed by atoms with van der Waals surface area (Å²) in [4.78, 5) is 45.0. The topological polar surface area (TPSA) is 87.2 Å². The van der Waals surface area contributed by atoms with Gasteiger partial charge < -0.3 is 19.6 Å². The summed E-state index contributed by atoms with van der Waals surface area (Å²) >= 11 is 1.64. The summed E-state index contributed by atoms with van der Waals surface area (Å²) in [6, 6.07) is -1.10. The maximum absolute atomic E-state index is 14.4. The molecule has 4 aliphatic rings. The summed E-state index contributed by atoms with van der Waals surface area (Å²) in [6.45, 7) is 11.7. The maximum atomic E-state index is 14.4. The average Bonchev–Trinajstić information content (AvgIpc) is 3.44. The predicted octanol–water partition coefficient (Wildman–Crippen LogP) is 2.78. The first-order chi connectivity index (χ1) is 16.3. The van der Waals surface area contributed by atoms with E-state index in [1.54, 1.807) is 29.7 Å². The van der Waals surface area contributed by atoms with Gasteiger partial charge in [0.2, 0.25) is 11.8 Å². The van der Waals surface area contributed by atoms with Gasteiger partial charge in [0, 0.05) is 17.8 Å². The van der Waals surface area contributed by atoms with E-state index in [9.17, 15) is 19.5 Å². The first-order valence-electron chi connectivity index (χ1n) is 12.6. The molecule has 3 aliphatic heterocycles. The van der Waals surface area contributed by atoms with Crippen LogP contribution >= 0.6 is 11.8 Å². The quantitative estimate of drug-likeness (QED) is 0.395. The largest absolute Gasteiger partial charge is 0.461 e. The summed E-state index contributed by atoms with van der Waals surface area (Å²) < 4.78 is 4.72. The van der Waals surface area contributed by atoms with Gasteiger partial charge in [0.1, 0.15) is 12.6 Å². The summed E-state index contributed by atoms with van der Waals surface area (Å²) in [7, 11) is 0. The summed E-state index contributed by atoms with van der Waals surface area (Å²) in [5, 5.41) is 10.00. The molecular weight excluding hydrogens is 452 g/mol. The SMILES string of the molecule is C=CCOC(=O)[C@@H]1[C@@H]2CC(C)C3(S2)C(C(=O)N(CC=C)C2CCCCC2)N([C@H](C)CO)C(=O)[C@H]13. The lowest BCUT2D eigenvalue weighted by molar-refractivity contribution is -0.154. The third kappa shape index (κ3) is 3.81. The molecule has 8 heteroatoms. The van der Waals surface area contributed by atoms with E-state index in [1.807, 2.05) is 4.90 Å². The molecule has 4 rings (SSSR count). The van der Waals surface area contributed by atoms with Gasteiger partial charge >= 0.3 is 5.97 Å². The smallest absolute Gasteiger partial charge is 0.311 e. The van der Waals surface area contributed by atoms with E-state index < -0.39 is 28.7 Å². The van der Waals surface area contributed by atoms with Crippen LogP contribution in [0.2, 0.25) is 0 Å². The number of hydrogen-bond donors (Lipinski definition) is 1. The first-order valence-corrected chi connectivity index (χ1v) is 13.5. The Bertz CT molecular complexity index is 843. The van der Waals surface area contributed by atoms with E-state index in [0.29, 0.717) is 6.54 Å². The van der Waals surface area contributed by atoms with Crippen LogP contribution in [0.1, 0.15) is 52.4 Å². The first kappa shape index (κ1) is 25.3. The van der Waals surface area contributed by atoms with E-state index >= 15 is 0 Å². The molecule has 7 nitrogen and oxygen atoms in total. The zero-order valence-corrected chi connectivity index (χ0v) is 21.2. The van der Waals surface area contributed by atoms with Crippen molar-refractivity contribution in [2.45, 2.75) is 80.5 Å². The van der Waals surface area contributed by atoms with Gasteiger partial charge in [-0.05, 0) is 32.1 Å². The van der Waals surface area contributed by atoms with E-state index in [1.165, 1.54) is 12.5 Å². The number of nitrogens with zero attached hydrogens (tertiary/aromatic N) is 2. The number of hydrogen-bond acceptors (Lipinski definition) is 6. The Balaban J connectivity index is 1.76. The molecular formula is C26H38N2O5S. The Morgan fingerprint density at radius 1 is 1.29 bits per heavy atom. The second-order valence-electron chi connectivity index (χ2n) is 10.3. The van der Waals surface area contributed by atoms with Crippen molar-refractivity contribution in [2.24, 2.45) is 17.8 Å². The van der Waals surface area contributed by atoms with Crippen LogP contribution in [0, 0.1) is 17.8 Å². The number of thioether (sulfide) groups is 1. The lowest BCUT2D eigenvalue weighted by atomic mass is 9.66. The summed E-state index contributed by atoms with van der Waals surface area (Å²) in [5.41, 5.74) is 0. The molecule has 34 heavy (non-hydrogen) atoms. The van der Waals surface area contributed by atoms with Gasteiger partial charge in [0.15, 0.2) is 0 Å². The second-order valence-corrected chi connectivity index (χ2v) is 11.9. The van der Waals surface area contributed by atoms with E-state index in [0.717, 1.165) is 32.1 Å². The number of aliphatic hydroxyl groups excluding tert-OH is 1. The molecule has 1 aliphatic carbocycles. The molecule has 0 aromatic rings. The molecule has 2 amide bonds. The van der Waals surface area contributed by atoms with Crippen LogP contribution in [-0.4, -0.2) is 80.6 Å². The highest BCUT2D eigenvalue weighted by molar-refractivity contribution is 8.02. The van der Waals surface area contributed by atoms with Crippen LogP contribution in [0.5, 0.6) is 0 Å². The number of ether oxygens (including phenoxy) is 1. The number of likely N-dealkylation sites (tertiary alicyclic amines) is 1. The molecule has 0 aromatic carbocycles. The maximum Gasteiger partial charge on any atom is 0.311 e. The molecule has 188 valence electrons. The minimum Gasteiger partial charge on any atom is -0.461 e. The van der Waals surface area contributed by atoms with Gasteiger partial charge in [0.05, 0.1) is 29.2 Å². The molecule has 4 fully saturated rings. The van der Waals surface area contributed by atoms with Crippen LogP contribution in [0.25, 0.3) is 0 Å². The number of fused-ring (bicyclic) bond motifs is 1. The minimum absolute atomic E-state index is 0.0503. The number of rotatable bonds is 9. The van der Waals surface area contributed by atoms with Gasteiger partial charge in [-0.1, -0.05) is 44.9 Å². The molecule has 2 bridgehead atoms. The third-order valence-corrected chi connectivity index (χ3v) is 10.5. The van der Waals surface area contributed by atoms with Crippen LogP contribution in [-0.2, 0) is 19.1 Å². The van der Waals surface area contributed by atoms with Crippen LogP contribution in [0.3, 0.4) is 0 Å². The standard InChI is InChI=1S/C26H38N2O5S/c1-5-12-27(18-10-8-7-9-11-18)24(31)22-26-16(3)14-19(34-26)20(25(32)33-13-6-2)21(26)23(30)28(22)17(4)15-29/h5-6,16-22,29H,1-2,7-15H2,3-4H3/t16?,17-,19+,20-,21+,22?,26?/m1/s1. The lowest BCUT2D eigenvalue weighted by Gasteiger charge is -2.43. The van der Waals surface area contributed by atoms with Crippen LogP contribution in [0.4, 0.5) is 0 Å². The molecule has 7 atom stereocenters. The van der Waals surface area contributed by atoms with Crippen molar-refractivity contribution in [3.63, 3.8) is 0 Å². The number of amides is 2. The zero-order valence-electron chi connectivity index (χ0n) is 20.4. The molecule has 0 aromatic heterocycles. The Morgan fingerprint density at radius 3 is 2.62 bits per heavy atom. The van der Waals surface area contributed by atoms with E-state index in [2.05, 4.69) is 20.1 Å². The lowest BCUT2D eigenvalue weighted by Crippen LogP contribution is -2.60. The highest BCUT2D eigenvalue weighted by atomic mass is 32.2. The fourth-order valence-corrected chi connectivity index (χ4v) is 9.30. The van der Waals surface area contributed by atoms with Crippen LogP contribution < -0.4 is 0 Å². The summed E-state index contributed by atoms with van der Waals surface area (Å²) in [6.07, 6.45) is 9.30. The van der Waals surface area contributed by atoms with Crippen molar-refractivity contribution in [1.82, 2.24) is 9.80 Å². The van der Waals surface area contributed by atoms with Gasteiger partial charge in [-0.2, -0.15) is 0 Å². The highest BCUT2D eigenvalue weighted by Crippen LogP contribution is 2.69. The normalized spacial score (nSPS) is 35.7. The molecule has 1 N–H and O–H groups in total. The highest BCUT2D eigenvalue weighted by Gasteiger charge is 2.77. The van der Waals surface area contributed by atoms with Crippen molar-refractivity contribution in [2.75, 3.05) is 19.8 Å². The molecule has 3 heterocycles. The fraction of sp³-hybridized carbons (Fsp3) is 0.731. The predicted molar refractivity (Wildman–Crippen MR) is 132 cm³/mol. The van der Waals surface area contributed by atoms with Crippen molar-refractivity contribution < 1.29 is 24.2 Å². The molecule has 3 saturated heterocycles. The van der Waals surface area contributed by atoms with Crippen molar-refractivity contribution >= 4 is 29.5 Å². The number of carbonyl (C=O) groups is 3. The number of esters is 1. The van der Waals surface area contributed by atoms with E-state index in [-0.39, 0.29) is 48.2 Å². The van der Waals surface area contributed by atoms with Crippen molar-refractivity contribution in [3.05, 3.63) is 25.3 Å². The fourth-order valence-electron chi connectivity index (χ4n) is 6.91. The van der Waals surface area contributed by atoms with E-state index in [4.69, 9.17) is 4.74 Å². The molecule has 1 spiro atoms. The average molecular weight is 491 g/mol. The number of carbonyl (C=O) groups excluding carboxylic acids is 3. The summed E-state index contributed by atoms with van der Waals surface area (Å²) in [5.74, 6) is -1.77. The zero-order chi connectivity index (χ0) is 24.6. The molecule has 1 saturated carbocycles. The minimum atomic E-state index is -0.712. The van der Waals surface area contributed by atoms with Crippen molar-refractivity contribution in [1.29, 1.82) is 0 Å². The molecule has 0 radical (unpaired) electrons. The van der Waals surface area contributed by atoms with Crippen LogP contribution in [0.15, 0.2) is 25.3 Å². The Morgan fingerprint density at radius 2 is 2.00 bits per heavy atom. The number of aliphatic hydroxyl groups is 1. The van der Waals surface area contributed by atoms with Gasteiger partial charge in [0.25, 0.3) is 0 Å². The van der Waals surface area contributed by atoms with Gasteiger partial charge in [-0.25, -0.2) is 0 Å². The monoisotopic (exact) mass is 490 g/mol. The third-order valence-electron chi connectivity index (χ3n) is 8.40. The van der Waals surface area contributed by atoms with Gasteiger partial charge in [-0.3, -0.25) is 14.4 Å². The Hall–Kier alpha value is -1.80.